The number of hydrogen-bond acceptors (Lipinski definition) is 1. The van der Waals surface area contributed by atoms with Crippen LogP contribution in [-0.2, 0) is 0 Å². The van der Waals surface area contributed by atoms with Gasteiger partial charge in [0.05, 0.1) is 0 Å². The highest BCUT2D eigenvalue weighted by molar-refractivity contribution is 6.34. The quantitative estimate of drug-likeness (QED) is 0.779. The molecule has 0 spiro atoms. The van der Waals surface area contributed by atoms with E-state index in [9.17, 15) is 0 Å². The number of rotatable bonds is 4. The second-order valence-electron chi connectivity index (χ2n) is 2.88. The number of hydrogen-bond donors (Lipinski definition) is 1. The molecule has 1 N–H and O–H groups in total. The molecule has 0 aliphatic carbocycles. The van der Waals surface area contributed by atoms with E-state index in [1.807, 2.05) is 18.2 Å². The zero-order valence-corrected chi connectivity index (χ0v) is 9.57. The fraction of sp³-hybridized carbons (Fsp3) is 0.273. The van der Waals surface area contributed by atoms with Gasteiger partial charge in [-0.3, -0.25) is 0 Å². The van der Waals surface area contributed by atoms with Crippen molar-refractivity contribution < 1.29 is 0 Å². The van der Waals surface area contributed by atoms with E-state index in [0.29, 0.717) is 5.02 Å². The van der Waals surface area contributed by atoms with Crippen molar-refractivity contribution in [2.24, 2.45) is 0 Å². The zero-order valence-electron chi connectivity index (χ0n) is 8.06. The van der Waals surface area contributed by atoms with Crippen molar-refractivity contribution in [1.29, 1.82) is 0 Å². The predicted octanol–water partition coefficient (Wildman–Crippen LogP) is 3.62. The van der Waals surface area contributed by atoms with Gasteiger partial charge in [0.25, 0.3) is 0 Å². The maximum absolute atomic E-state index is 5.98. The van der Waals surface area contributed by atoms with Crippen LogP contribution in [0, 0.1) is 0 Å². The third-order valence-electron chi connectivity index (χ3n) is 1.77. The Morgan fingerprint density at radius 1 is 1.36 bits per heavy atom. The molecular formula is C11H13Cl2N. The van der Waals surface area contributed by atoms with Gasteiger partial charge in [-0.05, 0) is 30.3 Å². The van der Waals surface area contributed by atoms with Gasteiger partial charge in [-0.25, -0.2) is 0 Å². The third kappa shape index (κ3) is 3.70. The van der Waals surface area contributed by atoms with Crippen LogP contribution in [0.3, 0.4) is 0 Å². The Bertz CT molecular complexity index is 321. The molecule has 0 aromatic heterocycles. The first-order chi connectivity index (χ1) is 6.74. The van der Waals surface area contributed by atoms with Crippen LogP contribution in [0.1, 0.15) is 12.5 Å². The van der Waals surface area contributed by atoms with Crippen LogP contribution < -0.4 is 5.32 Å². The maximum Gasteiger partial charge on any atom is 0.0479 e. The van der Waals surface area contributed by atoms with Crippen LogP contribution in [-0.4, -0.2) is 13.1 Å². The summed E-state index contributed by atoms with van der Waals surface area (Å²) in [4.78, 5) is 0. The molecule has 1 aromatic rings. The second-order valence-corrected chi connectivity index (χ2v) is 3.72. The van der Waals surface area contributed by atoms with E-state index in [0.717, 1.165) is 23.7 Å². The molecule has 3 heteroatoms. The van der Waals surface area contributed by atoms with Crippen molar-refractivity contribution in [3.63, 3.8) is 0 Å². The topological polar surface area (TPSA) is 12.0 Å². The van der Waals surface area contributed by atoms with E-state index in [1.54, 1.807) is 12.1 Å². The lowest BCUT2D eigenvalue weighted by Crippen LogP contribution is -2.11. The highest BCUT2D eigenvalue weighted by atomic mass is 35.5. The lowest BCUT2D eigenvalue weighted by molar-refractivity contribution is 0.801. The minimum Gasteiger partial charge on any atom is -0.314 e. The Balaban J connectivity index is 2.65. The van der Waals surface area contributed by atoms with Crippen LogP contribution in [0.2, 0.25) is 10.0 Å². The first-order valence-electron chi connectivity index (χ1n) is 4.56. The molecule has 0 fully saturated rings. The van der Waals surface area contributed by atoms with E-state index in [1.165, 1.54) is 0 Å². The Labute approximate surface area is 94.7 Å². The van der Waals surface area contributed by atoms with Crippen LogP contribution in [0.5, 0.6) is 0 Å². The average Bonchev–Trinajstić information content (AvgIpc) is 2.18. The van der Waals surface area contributed by atoms with E-state index in [-0.39, 0.29) is 0 Å². The number of nitrogens with one attached hydrogen (secondary N) is 1. The molecule has 0 bridgehead atoms. The molecule has 0 aliphatic heterocycles. The number of halogens is 2. The van der Waals surface area contributed by atoms with E-state index < -0.39 is 0 Å². The van der Waals surface area contributed by atoms with Gasteiger partial charge >= 0.3 is 0 Å². The van der Waals surface area contributed by atoms with Gasteiger partial charge in [0.2, 0.25) is 0 Å². The van der Waals surface area contributed by atoms with Crippen molar-refractivity contribution in [2.45, 2.75) is 6.92 Å². The summed E-state index contributed by atoms with van der Waals surface area (Å²) in [7, 11) is 0. The normalized spacial score (nSPS) is 11.1. The second kappa shape index (κ2) is 6.07. The molecule has 0 unspecified atom stereocenters. The molecule has 0 saturated heterocycles. The molecule has 0 amide bonds. The van der Waals surface area contributed by atoms with Gasteiger partial charge in [-0.15, -0.1) is 0 Å². The molecule has 1 rings (SSSR count). The molecular weight excluding hydrogens is 217 g/mol. The Hall–Kier alpha value is -0.500. The van der Waals surface area contributed by atoms with Gasteiger partial charge in [0.15, 0.2) is 0 Å². The van der Waals surface area contributed by atoms with E-state index in [4.69, 9.17) is 23.2 Å². The van der Waals surface area contributed by atoms with Crippen molar-refractivity contribution in [3.8, 4) is 0 Å². The summed E-state index contributed by atoms with van der Waals surface area (Å²) in [6, 6.07) is 5.44. The molecule has 1 aromatic carbocycles. The summed E-state index contributed by atoms with van der Waals surface area (Å²) >= 11 is 11.8. The number of benzene rings is 1. The first-order valence-corrected chi connectivity index (χ1v) is 5.32. The highest BCUT2D eigenvalue weighted by Gasteiger charge is 1.96. The van der Waals surface area contributed by atoms with Gasteiger partial charge < -0.3 is 5.32 Å². The van der Waals surface area contributed by atoms with Crippen molar-refractivity contribution in [2.75, 3.05) is 13.1 Å². The minimum absolute atomic E-state index is 0.706. The lowest BCUT2D eigenvalue weighted by atomic mass is 10.2. The summed E-state index contributed by atoms with van der Waals surface area (Å²) in [5, 5.41) is 4.62. The van der Waals surface area contributed by atoms with Gasteiger partial charge in [-0.2, -0.15) is 0 Å². The molecule has 0 radical (unpaired) electrons. The van der Waals surface area contributed by atoms with Crippen molar-refractivity contribution in [3.05, 3.63) is 39.9 Å². The first kappa shape index (κ1) is 11.6. The molecule has 0 saturated carbocycles. The summed E-state index contributed by atoms with van der Waals surface area (Å²) in [5.41, 5.74) is 0.956. The third-order valence-corrected chi connectivity index (χ3v) is 2.35. The Kier molecular flexibility index (Phi) is 5.02. The molecule has 14 heavy (non-hydrogen) atoms. The minimum atomic E-state index is 0.706. The molecule has 0 aliphatic rings. The Morgan fingerprint density at radius 3 is 2.86 bits per heavy atom. The number of likely N-dealkylation sites (N-methyl/N-ethyl adjacent to an activating group) is 1. The summed E-state index contributed by atoms with van der Waals surface area (Å²) in [6.07, 6.45) is 4.00. The maximum atomic E-state index is 5.98. The van der Waals surface area contributed by atoms with Crippen molar-refractivity contribution >= 4 is 29.3 Å². The van der Waals surface area contributed by atoms with Gasteiger partial charge in [-0.1, -0.05) is 42.3 Å². The Morgan fingerprint density at radius 2 is 2.14 bits per heavy atom. The lowest BCUT2D eigenvalue weighted by Gasteiger charge is -1.99. The van der Waals surface area contributed by atoms with Crippen molar-refractivity contribution in [1.82, 2.24) is 5.32 Å². The average molecular weight is 230 g/mol. The fourth-order valence-electron chi connectivity index (χ4n) is 1.06. The standard InChI is InChI=1S/C11H13Cl2N/c1-2-14-7-3-4-9-8-10(12)5-6-11(9)13/h3-6,8,14H,2,7H2,1H3/b4-3+. The van der Waals surface area contributed by atoms with E-state index >= 15 is 0 Å². The van der Waals surface area contributed by atoms with Gasteiger partial charge in [0, 0.05) is 16.6 Å². The monoisotopic (exact) mass is 229 g/mol. The zero-order chi connectivity index (χ0) is 10.4. The van der Waals surface area contributed by atoms with Crippen LogP contribution in [0.25, 0.3) is 6.08 Å². The van der Waals surface area contributed by atoms with Crippen LogP contribution in [0.15, 0.2) is 24.3 Å². The molecule has 0 heterocycles. The SMILES string of the molecule is CCNC/C=C/c1cc(Cl)ccc1Cl. The van der Waals surface area contributed by atoms with Crippen LogP contribution in [0.4, 0.5) is 0 Å². The molecule has 1 nitrogen and oxygen atoms in total. The van der Waals surface area contributed by atoms with Crippen LogP contribution >= 0.6 is 23.2 Å². The largest absolute Gasteiger partial charge is 0.314 e. The molecule has 0 atom stereocenters. The van der Waals surface area contributed by atoms with E-state index in [2.05, 4.69) is 12.2 Å². The molecule has 76 valence electrons. The summed E-state index contributed by atoms with van der Waals surface area (Å²) in [5.74, 6) is 0. The van der Waals surface area contributed by atoms with Gasteiger partial charge in [0.1, 0.15) is 0 Å². The smallest absolute Gasteiger partial charge is 0.0479 e. The summed E-state index contributed by atoms with van der Waals surface area (Å²) in [6.45, 7) is 3.88. The highest BCUT2D eigenvalue weighted by Crippen LogP contribution is 2.21. The predicted molar refractivity (Wildman–Crippen MR) is 64.0 cm³/mol. The fourth-order valence-corrected chi connectivity index (χ4v) is 1.42. The summed E-state index contributed by atoms with van der Waals surface area (Å²) < 4.78 is 0.